The maximum Gasteiger partial charge on any atom is 0.193 e. The summed E-state index contributed by atoms with van der Waals surface area (Å²) >= 11 is 0. The molecule has 150 valence electrons. The smallest absolute Gasteiger partial charge is 0.193 e. The molecule has 0 fully saturated rings. The molecule has 0 unspecified atom stereocenters. The van der Waals surface area contributed by atoms with E-state index < -0.39 is 16.6 Å². The van der Waals surface area contributed by atoms with Gasteiger partial charge in [0.05, 0.1) is 12.2 Å². The highest BCUT2D eigenvalue weighted by atomic mass is 28.4. The molecule has 0 aliphatic rings. The van der Waals surface area contributed by atoms with Crippen LogP contribution in [0.2, 0.25) is 36.3 Å². The van der Waals surface area contributed by atoms with Crippen LogP contribution in [-0.2, 0) is 8.85 Å². The minimum absolute atomic E-state index is 0.0560. The van der Waals surface area contributed by atoms with Crippen molar-refractivity contribution < 1.29 is 8.85 Å². The van der Waals surface area contributed by atoms with Crippen molar-refractivity contribution in [2.24, 2.45) is 0 Å². The van der Waals surface area contributed by atoms with Crippen LogP contribution in [0.1, 0.15) is 54.9 Å². The molecule has 0 aliphatic heterocycles. The van der Waals surface area contributed by atoms with Gasteiger partial charge in [-0.1, -0.05) is 72.6 Å². The molecule has 0 heterocycles. The molecular formula is C22H42O2Si2. The minimum Gasteiger partial charge on any atom is -0.411 e. The first-order valence-corrected chi connectivity index (χ1v) is 15.6. The van der Waals surface area contributed by atoms with Crippen LogP contribution in [0.4, 0.5) is 0 Å². The van der Waals surface area contributed by atoms with E-state index in [2.05, 4.69) is 86.7 Å². The Hall–Kier alpha value is -0.606. The van der Waals surface area contributed by atoms with Gasteiger partial charge in [-0.2, -0.15) is 0 Å². The molecule has 0 aromatic carbocycles. The Bertz CT molecular complexity index is 526. The molecule has 0 saturated heterocycles. The number of allylic oxidation sites excluding steroid dienone is 3. The van der Waals surface area contributed by atoms with Crippen LogP contribution in [0.15, 0.2) is 24.3 Å². The third-order valence-electron chi connectivity index (χ3n) is 5.86. The fourth-order valence-corrected chi connectivity index (χ4v) is 4.65. The van der Waals surface area contributed by atoms with Gasteiger partial charge in [-0.3, -0.25) is 0 Å². The fraction of sp³-hybridized carbons (Fsp3) is 0.727. The summed E-state index contributed by atoms with van der Waals surface area (Å²) in [6, 6.07) is 0. The van der Waals surface area contributed by atoms with Crippen LogP contribution in [-0.4, -0.2) is 28.8 Å². The average Bonchev–Trinajstić information content (AvgIpc) is 2.45. The normalized spacial score (nSPS) is 16.8. The lowest BCUT2D eigenvalue weighted by atomic mass is 10.1. The van der Waals surface area contributed by atoms with Gasteiger partial charge in [-0.25, -0.2) is 0 Å². The van der Waals surface area contributed by atoms with E-state index in [9.17, 15) is 0 Å². The number of rotatable bonds is 8. The summed E-state index contributed by atoms with van der Waals surface area (Å²) in [6.45, 7) is 25.0. The van der Waals surface area contributed by atoms with Crippen LogP contribution >= 0.6 is 0 Å². The quantitative estimate of drug-likeness (QED) is 0.252. The van der Waals surface area contributed by atoms with Gasteiger partial charge in [-0.05, 0) is 48.8 Å². The molecule has 0 saturated carbocycles. The number of hydrogen-bond donors (Lipinski definition) is 0. The van der Waals surface area contributed by atoms with Gasteiger partial charge in [0.1, 0.15) is 0 Å². The maximum atomic E-state index is 6.76. The number of terminal acetylenes is 1. The van der Waals surface area contributed by atoms with Crippen molar-refractivity contribution >= 4 is 16.6 Å². The largest absolute Gasteiger partial charge is 0.411 e. The van der Waals surface area contributed by atoms with Crippen molar-refractivity contribution in [1.82, 2.24) is 0 Å². The summed E-state index contributed by atoms with van der Waals surface area (Å²) < 4.78 is 13.5. The molecule has 4 heteroatoms. The zero-order valence-corrected chi connectivity index (χ0v) is 21.1. The molecule has 0 aromatic rings. The third-order valence-corrected chi connectivity index (χ3v) is 14.8. The van der Waals surface area contributed by atoms with E-state index in [1.165, 1.54) is 0 Å². The molecule has 26 heavy (non-hydrogen) atoms. The lowest BCUT2D eigenvalue weighted by molar-refractivity contribution is 0.0609. The molecule has 2 atom stereocenters. The van der Waals surface area contributed by atoms with Gasteiger partial charge in [0, 0.05) is 0 Å². The summed E-state index contributed by atoms with van der Waals surface area (Å²) in [4.78, 5) is 0. The van der Waals surface area contributed by atoms with Crippen LogP contribution in [0.5, 0.6) is 0 Å². The standard InChI is InChI=1S/C22H42O2Si2/c1-13-15-16-17-18-20(24-26(11,12)22(6,7)8)19(14-2)23-25(9,10)21(3,4)5/h1,15-20H,14H2,2-12H3/b16-15+,18-17+/t19-,20-/m0/s1. The first-order chi connectivity index (χ1) is 11.6. The summed E-state index contributed by atoms with van der Waals surface area (Å²) in [5.74, 6) is 2.53. The highest BCUT2D eigenvalue weighted by Gasteiger charge is 2.43. The van der Waals surface area contributed by atoms with E-state index in [0.29, 0.717) is 0 Å². The predicted molar refractivity (Wildman–Crippen MR) is 122 cm³/mol. The van der Waals surface area contributed by atoms with Crippen molar-refractivity contribution in [2.45, 2.75) is 103 Å². The van der Waals surface area contributed by atoms with Gasteiger partial charge in [0.15, 0.2) is 16.6 Å². The van der Waals surface area contributed by atoms with E-state index >= 15 is 0 Å². The average molecular weight is 395 g/mol. The summed E-state index contributed by atoms with van der Waals surface area (Å²) in [5.41, 5.74) is 0. The van der Waals surface area contributed by atoms with Crippen LogP contribution in [0.3, 0.4) is 0 Å². The van der Waals surface area contributed by atoms with Crippen LogP contribution in [0, 0.1) is 12.3 Å². The third kappa shape index (κ3) is 7.56. The monoisotopic (exact) mass is 394 g/mol. The van der Waals surface area contributed by atoms with Crippen LogP contribution < -0.4 is 0 Å². The van der Waals surface area contributed by atoms with Gasteiger partial charge in [-0.15, -0.1) is 6.42 Å². The molecule has 0 radical (unpaired) electrons. The SMILES string of the molecule is C#C/C=C/C=C/[C@H](O[Si](C)(C)C(C)(C)C)[C@H](CC)O[Si](C)(C)C(C)(C)C. The second-order valence-electron chi connectivity index (χ2n) is 10.1. The van der Waals surface area contributed by atoms with E-state index in [4.69, 9.17) is 15.3 Å². The Labute approximate surface area is 165 Å². The number of hydrogen-bond acceptors (Lipinski definition) is 2. The van der Waals surface area contributed by atoms with E-state index in [-0.39, 0.29) is 22.3 Å². The highest BCUT2D eigenvalue weighted by molar-refractivity contribution is 6.74. The minimum atomic E-state index is -1.92. The van der Waals surface area contributed by atoms with E-state index in [0.717, 1.165) is 6.42 Å². The lowest BCUT2D eigenvalue weighted by Crippen LogP contribution is -2.51. The van der Waals surface area contributed by atoms with Crippen molar-refractivity contribution in [2.75, 3.05) is 0 Å². The maximum absolute atomic E-state index is 6.76. The van der Waals surface area contributed by atoms with E-state index in [1.807, 2.05) is 12.2 Å². The molecular weight excluding hydrogens is 352 g/mol. The Morgan fingerprint density at radius 3 is 1.73 bits per heavy atom. The van der Waals surface area contributed by atoms with Crippen molar-refractivity contribution in [3.63, 3.8) is 0 Å². The zero-order valence-electron chi connectivity index (χ0n) is 19.1. The van der Waals surface area contributed by atoms with Gasteiger partial charge >= 0.3 is 0 Å². The molecule has 0 aliphatic carbocycles. The summed E-state index contributed by atoms with van der Waals surface area (Å²) in [5, 5.41) is 0.331. The van der Waals surface area contributed by atoms with Gasteiger partial charge in [0.25, 0.3) is 0 Å². The van der Waals surface area contributed by atoms with Crippen molar-refractivity contribution in [1.29, 1.82) is 0 Å². The van der Waals surface area contributed by atoms with E-state index in [1.54, 1.807) is 6.08 Å². The predicted octanol–water partition coefficient (Wildman–Crippen LogP) is 6.92. The molecule has 0 aromatic heterocycles. The molecule has 0 bridgehead atoms. The second-order valence-corrected chi connectivity index (χ2v) is 19.6. The highest BCUT2D eigenvalue weighted by Crippen LogP contribution is 2.41. The second kappa shape index (κ2) is 9.55. The Kier molecular flexibility index (Phi) is 9.32. The van der Waals surface area contributed by atoms with Crippen LogP contribution in [0.25, 0.3) is 0 Å². The van der Waals surface area contributed by atoms with Gasteiger partial charge < -0.3 is 8.85 Å². The molecule has 0 amide bonds. The zero-order chi connectivity index (χ0) is 20.8. The van der Waals surface area contributed by atoms with Crippen molar-refractivity contribution in [3.05, 3.63) is 24.3 Å². The van der Waals surface area contributed by atoms with Gasteiger partial charge in [0.2, 0.25) is 0 Å². The molecule has 0 spiro atoms. The first-order valence-electron chi connectivity index (χ1n) is 9.74. The van der Waals surface area contributed by atoms with Crippen molar-refractivity contribution in [3.8, 4) is 12.3 Å². The topological polar surface area (TPSA) is 18.5 Å². The lowest BCUT2D eigenvalue weighted by Gasteiger charge is -2.44. The molecule has 2 nitrogen and oxygen atoms in total. The Morgan fingerprint density at radius 1 is 0.885 bits per heavy atom. The fourth-order valence-electron chi connectivity index (χ4n) is 1.98. The Balaban J connectivity index is 5.70. The first kappa shape index (κ1) is 25.4. The Morgan fingerprint density at radius 2 is 1.35 bits per heavy atom. The molecule has 0 rings (SSSR count). The summed E-state index contributed by atoms with van der Waals surface area (Å²) in [6.07, 6.45) is 13.9. The summed E-state index contributed by atoms with van der Waals surface area (Å²) in [7, 11) is -3.79. The molecule has 0 N–H and O–H groups in total.